The van der Waals surface area contributed by atoms with E-state index in [0.717, 1.165) is 13.0 Å². The van der Waals surface area contributed by atoms with E-state index in [-0.39, 0.29) is 5.54 Å². The first-order valence-electron chi connectivity index (χ1n) is 8.14. The van der Waals surface area contributed by atoms with E-state index in [1.165, 1.54) is 34.7 Å². The van der Waals surface area contributed by atoms with Crippen molar-refractivity contribution in [3.05, 3.63) is 83.9 Å². The van der Waals surface area contributed by atoms with E-state index >= 15 is 0 Å². The lowest BCUT2D eigenvalue weighted by Crippen LogP contribution is -2.38. The van der Waals surface area contributed by atoms with E-state index in [0.29, 0.717) is 0 Å². The molecule has 4 rings (SSSR count). The van der Waals surface area contributed by atoms with E-state index in [1.807, 2.05) is 0 Å². The van der Waals surface area contributed by atoms with Crippen LogP contribution in [0.2, 0.25) is 0 Å². The molecule has 0 saturated carbocycles. The van der Waals surface area contributed by atoms with Crippen molar-refractivity contribution >= 4 is 10.8 Å². The van der Waals surface area contributed by atoms with Gasteiger partial charge in [0.05, 0.1) is 0 Å². The van der Waals surface area contributed by atoms with Gasteiger partial charge in [-0.1, -0.05) is 72.8 Å². The van der Waals surface area contributed by atoms with Crippen molar-refractivity contribution in [1.82, 2.24) is 5.32 Å². The van der Waals surface area contributed by atoms with Crippen LogP contribution in [0.1, 0.15) is 24.0 Å². The Morgan fingerprint density at radius 2 is 1.59 bits per heavy atom. The molecule has 0 spiro atoms. The van der Waals surface area contributed by atoms with Crippen molar-refractivity contribution in [1.29, 1.82) is 0 Å². The van der Waals surface area contributed by atoms with Crippen LogP contribution in [0, 0.1) is 0 Å². The summed E-state index contributed by atoms with van der Waals surface area (Å²) in [4.78, 5) is 0. The van der Waals surface area contributed by atoms with Crippen LogP contribution in [0.5, 0.6) is 0 Å². The Hall–Kier alpha value is -2.12. The zero-order chi connectivity index (χ0) is 14.8. The summed E-state index contributed by atoms with van der Waals surface area (Å²) in [5.41, 5.74) is 2.93. The summed E-state index contributed by atoms with van der Waals surface area (Å²) < 4.78 is 0. The smallest absolute Gasteiger partial charge is 0.0475 e. The highest BCUT2D eigenvalue weighted by molar-refractivity contribution is 5.83. The molecule has 1 heteroatoms. The number of rotatable bonds is 3. The fourth-order valence-electron chi connectivity index (χ4n) is 3.76. The van der Waals surface area contributed by atoms with Crippen molar-refractivity contribution in [2.75, 3.05) is 6.54 Å². The zero-order valence-corrected chi connectivity index (χ0v) is 12.8. The molecular weight excluding hydrogens is 266 g/mol. The van der Waals surface area contributed by atoms with Crippen LogP contribution >= 0.6 is 0 Å². The first-order chi connectivity index (χ1) is 10.9. The SMILES string of the molecule is c1ccc(C2(Cc3ccc4ccccc4c3)CCCN2)cc1. The van der Waals surface area contributed by atoms with Crippen molar-refractivity contribution < 1.29 is 0 Å². The summed E-state index contributed by atoms with van der Waals surface area (Å²) in [6.45, 7) is 1.11. The van der Waals surface area contributed by atoms with Crippen molar-refractivity contribution in [2.45, 2.75) is 24.8 Å². The maximum Gasteiger partial charge on any atom is 0.0475 e. The van der Waals surface area contributed by atoms with Crippen LogP contribution in [0.3, 0.4) is 0 Å². The summed E-state index contributed by atoms with van der Waals surface area (Å²) in [6.07, 6.45) is 3.52. The van der Waals surface area contributed by atoms with Gasteiger partial charge in [-0.05, 0) is 47.7 Å². The molecule has 1 nitrogen and oxygen atoms in total. The Morgan fingerprint density at radius 3 is 2.36 bits per heavy atom. The molecule has 0 aliphatic carbocycles. The Labute approximate surface area is 132 Å². The highest BCUT2D eigenvalue weighted by Gasteiger charge is 2.35. The maximum absolute atomic E-state index is 3.78. The Morgan fingerprint density at radius 1 is 0.818 bits per heavy atom. The second kappa shape index (κ2) is 5.58. The third-order valence-corrected chi connectivity index (χ3v) is 4.89. The van der Waals surface area contributed by atoms with Crippen molar-refractivity contribution in [3.63, 3.8) is 0 Å². The number of benzene rings is 3. The van der Waals surface area contributed by atoms with E-state index in [4.69, 9.17) is 0 Å². The normalized spacial score (nSPS) is 21.3. The molecule has 0 radical (unpaired) electrons. The lowest BCUT2D eigenvalue weighted by Gasteiger charge is -2.30. The molecule has 0 bridgehead atoms. The van der Waals surface area contributed by atoms with Crippen LogP contribution in [-0.2, 0) is 12.0 Å². The average molecular weight is 287 g/mol. The van der Waals surface area contributed by atoms with Crippen LogP contribution in [0.15, 0.2) is 72.8 Å². The summed E-state index contributed by atoms with van der Waals surface area (Å²) in [5, 5.41) is 6.44. The van der Waals surface area contributed by atoms with Crippen LogP contribution in [0.4, 0.5) is 0 Å². The van der Waals surface area contributed by atoms with Gasteiger partial charge < -0.3 is 5.32 Å². The minimum absolute atomic E-state index is 0.101. The summed E-state index contributed by atoms with van der Waals surface area (Å²) in [7, 11) is 0. The first kappa shape index (κ1) is 13.5. The zero-order valence-electron chi connectivity index (χ0n) is 12.8. The van der Waals surface area contributed by atoms with Gasteiger partial charge >= 0.3 is 0 Å². The molecule has 0 aromatic heterocycles. The van der Waals surface area contributed by atoms with Gasteiger partial charge in [0.2, 0.25) is 0 Å². The highest BCUT2D eigenvalue weighted by Crippen LogP contribution is 2.34. The van der Waals surface area contributed by atoms with Gasteiger partial charge in [0, 0.05) is 5.54 Å². The van der Waals surface area contributed by atoms with E-state index < -0.39 is 0 Å². The van der Waals surface area contributed by atoms with E-state index in [2.05, 4.69) is 78.1 Å². The highest BCUT2D eigenvalue weighted by atomic mass is 15.0. The summed E-state index contributed by atoms with van der Waals surface area (Å²) in [6, 6.07) is 26.4. The molecule has 0 amide bonds. The van der Waals surface area contributed by atoms with Gasteiger partial charge in [0.1, 0.15) is 0 Å². The second-order valence-corrected chi connectivity index (χ2v) is 6.34. The maximum atomic E-state index is 3.78. The fraction of sp³-hybridized carbons (Fsp3) is 0.238. The monoisotopic (exact) mass is 287 g/mol. The molecule has 1 N–H and O–H groups in total. The third-order valence-electron chi connectivity index (χ3n) is 4.89. The molecular formula is C21H21N. The Bertz CT molecular complexity index is 770. The van der Waals surface area contributed by atoms with Crippen molar-refractivity contribution in [2.24, 2.45) is 0 Å². The predicted molar refractivity (Wildman–Crippen MR) is 93.0 cm³/mol. The number of hydrogen-bond acceptors (Lipinski definition) is 1. The lowest BCUT2D eigenvalue weighted by atomic mass is 9.82. The van der Waals surface area contributed by atoms with Gasteiger partial charge in [-0.15, -0.1) is 0 Å². The molecule has 3 aromatic rings. The van der Waals surface area contributed by atoms with Gasteiger partial charge in [-0.25, -0.2) is 0 Å². The lowest BCUT2D eigenvalue weighted by molar-refractivity contribution is 0.387. The first-order valence-corrected chi connectivity index (χ1v) is 8.14. The molecule has 22 heavy (non-hydrogen) atoms. The molecule has 1 atom stereocenters. The molecule has 1 heterocycles. The largest absolute Gasteiger partial charge is 0.307 e. The minimum Gasteiger partial charge on any atom is -0.307 e. The minimum atomic E-state index is 0.101. The van der Waals surface area contributed by atoms with Crippen LogP contribution < -0.4 is 5.32 Å². The Kier molecular flexibility index (Phi) is 3.44. The Balaban J connectivity index is 1.72. The number of nitrogens with one attached hydrogen (secondary N) is 1. The van der Waals surface area contributed by atoms with Crippen LogP contribution in [-0.4, -0.2) is 6.54 Å². The standard InChI is InChI=1S/C21H21N/c1-2-9-20(10-3-1)21(13-6-14-22-21)16-17-11-12-18-7-4-5-8-19(18)15-17/h1-5,7-12,15,22H,6,13-14,16H2. The van der Waals surface area contributed by atoms with Gasteiger partial charge in [0.25, 0.3) is 0 Å². The van der Waals surface area contributed by atoms with Gasteiger partial charge in [-0.3, -0.25) is 0 Å². The number of fused-ring (bicyclic) bond motifs is 1. The van der Waals surface area contributed by atoms with E-state index in [1.54, 1.807) is 0 Å². The van der Waals surface area contributed by atoms with Gasteiger partial charge in [0.15, 0.2) is 0 Å². The van der Waals surface area contributed by atoms with E-state index in [9.17, 15) is 0 Å². The third kappa shape index (κ3) is 2.42. The molecule has 1 fully saturated rings. The predicted octanol–water partition coefficient (Wildman–Crippen LogP) is 4.66. The average Bonchev–Trinajstić information content (AvgIpc) is 3.05. The van der Waals surface area contributed by atoms with Gasteiger partial charge in [-0.2, -0.15) is 0 Å². The molecule has 1 unspecified atom stereocenters. The topological polar surface area (TPSA) is 12.0 Å². The number of hydrogen-bond donors (Lipinski definition) is 1. The fourth-order valence-corrected chi connectivity index (χ4v) is 3.76. The second-order valence-electron chi connectivity index (χ2n) is 6.34. The summed E-state index contributed by atoms with van der Waals surface area (Å²) in [5.74, 6) is 0. The molecule has 110 valence electrons. The molecule has 1 aliphatic rings. The molecule has 1 saturated heterocycles. The van der Waals surface area contributed by atoms with Crippen molar-refractivity contribution in [3.8, 4) is 0 Å². The summed E-state index contributed by atoms with van der Waals surface area (Å²) >= 11 is 0. The molecule has 1 aliphatic heterocycles. The molecule has 3 aromatic carbocycles. The quantitative estimate of drug-likeness (QED) is 0.738. The van der Waals surface area contributed by atoms with Crippen LogP contribution in [0.25, 0.3) is 10.8 Å².